The van der Waals surface area contributed by atoms with Crippen LogP contribution in [-0.4, -0.2) is 35.7 Å². The number of hydrogen-bond acceptors (Lipinski definition) is 3. The van der Waals surface area contributed by atoms with Crippen molar-refractivity contribution in [2.45, 2.75) is 38.8 Å². The van der Waals surface area contributed by atoms with E-state index in [-0.39, 0.29) is 17.8 Å². The van der Waals surface area contributed by atoms with Crippen molar-refractivity contribution < 1.29 is 14.0 Å². The largest absolute Gasteiger partial charge is 0.382 e. The van der Waals surface area contributed by atoms with Gasteiger partial charge in [0.2, 0.25) is 6.10 Å². The van der Waals surface area contributed by atoms with E-state index in [4.69, 9.17) is 4.84 Å². The Balaban J connectivity index is 1.92. The third-order valence-electron chi connectivity index (χ3n) is 3.45. The molecule has 4 nitrogen and oxygen atoms in total. The fourth-order valence-electron chi connectivity index (χ4n) is 1.98. The van der Waals surface area contributed by atoms with Gasteiger partial charge < -0.3 is 9.74 Å². The molecule has 108 valence electrons. The summed E-state index contributed by atoms with van der Waals surface area (Å²) in [5.41, 5.74) is 1.77. The Bertz CT molecular complexity index is 511. The van der Waals surface area contributed by atoms with E-state index in [2.05, 4.69) is 5.16 Å². The van der Waals surface area contributed by atoms with Crippen molar-refractivity contribution in [3.05, 3.63) is 35.6 Å². The number of likely N-dealkylation sites (N-methyl/N-ethyl adjacent to an activating group) is 1. The van der Waals surface area contributed by atoms with E-state index >= 15 is 0 Å². The van der Waals surface area contributed by atoms with Crippen molar-refractivity contribution in [2.24, 2.45) is 5.16 Å². The monoisotopic (exact) mass is 278 g/mol. The van der Waals surface area contributed by atoms with Crippen LogP contribution in [0.1, 0.15) is 25.8 Å². The molecule has 0 N–H and O–H groups in total. The highest BCUT2D eigenvalue weighted by molar-refractivity contribution is 5.93. The average Bonchev–Trinajstić information content (AvgIpc) is 2.88. The summed E-state index contributed by atoms with van der Waals surface area (Å²) in [7, 11) is 1.76. The van der Waals surface area contributed by atoms with E-state index in [0.29, 0.717) is 12.8 Å². The first-order chi connectivity index (χ1) is 9.47. The Hall–Kier alpha value is -1.91. The summed E-state index contributed by atoms with van der Waals surface area (Å²) in [6.07, 6.45) is 0.542. The molecule has 1 aliphatic rings. The lowest BCUT2D eigenvalue weighted by atomic mass is 10.0. The van der Waals surface area contributed by atoms with Crippen LogP contribution in [0.15, 0.2) is 29.4 Å². The molecule has 0 aliphatic carbocycles. The van der Waals surface area contributed by atoms with Crippen molar-refractivity contribution in [1.82, 2.24) is 4.90 Å². The number of carbonyl (C=O) groups is 1. The minimum Gasteiger partial charge on any atom is -0.382 e. The zero-order valence-corrected chi connectivity index (χ0v) is 12.0. The lowest BCUT2D eigenvalue weighted by Crippen LogP contribution is -2.40. The first-order valence-corrected chi connectivity index (χ1v) is 6.70. The highest BCUT2D eigenvalue weighted by Gasteiger charge is 2.31. The molecule has 1 aromatic carbocycles. The predicted molar refractivity (Wildman–Crippen MR) is 74.9 cm³/mol. The van der Waals surface area contributed by atoms with Gasteiger partial charge >= 0.3 is 0 Å². The van der Waals surface area contributed by atoms with Gasteiger partial charge in [0.25, 0.3) is 5.91 Å². The normalized spacial score (nSPS) is 17.9. The predicted octanol–water partition coefficient (Wildman–Crippen LogP) is 2.38. The van der Waals surface area contributed by atoms with Crippen molar-refractivity contribution in [2.75, 3.05) is 7.05 Å². The van der Waals surface area contributed by atoms with Crippen molar-refractivity contribution in [3.8, 4) is 0 Å². The Kier molecular flexibility index (Phi) is 4.37. The van der Waals surface area contributed by atoms with Crippen LogP contribution in [0.2, 0.25) is 0 Å². The van der Waals surface area contributed by atoms with E-state index in [1.54, 1.807) is 24.1 Å². The molecule has 0 radical (unpaired) electrons. The van der Waals surface area contributed by atoms with Crippen LogP contribution in [0.5, 0.6) is 0 Å². The fraction of sp³-hybridized carbons (Fsp3) is 0.467. The number of amides is 1. The van der Waals surface area contributed by atoms with Crippen molar-refractivity contribution in [3.63, 3.8) is 0 Å². The molecule has 0 unspecified atom stereocenters. The van der Waals surface area contributed by atoms with Crippen LogP contribution in [0, 0.1) is 5.82 Å². The quantitative estimate of drug-likeness (QED) is 0.848. The lowest BCUT2D eigenvalue weighted by molar-refractivity contribution is -0.142. The van der Waals surface area contributed by atoms with Gasteiger partial charge in [-0.25, -0.2) is 4.39 Å². The Labute approximate surface area is 118 Å². The molecule has 1 amide bonds. The van der Waals surface area contributed by atoms with Gasteiger partial charge in [0.05, 0.1) is 5.71 Å². The summed E-state index contributed by atoms with van der Waals surface area (Å²) in [5.74, 6) is -0.317. The van der Waals surface area contributed by atoms with Crippen LogP contribution in [0.3, 0.4) is 0 Å². The third kappa shape index (κ3) is 3.35. The average molecular weight is 278 g/mol. The Morgan fingerprint density at radius 1 is 1.45 bits per heavy atom. The molecular formula is C15H19FN2O2. The van der Waals surface area contributed by atoms with Crippen LogP contribution >= 0.6 is 0 Å². The molecule has 5 heteroatoms. The number of carbonyl (C=O) groups excluding carboxylic acids is 1. The third-order valence-corrected chi connectivity index (χ3v) is 3.45. The second-order valence-electron chi connectivity index (χ2n) is 5.30. The van der Waals surface area contributed by atoms with Crippen molar-refractivity contribution in [1.29, 1.82) is 0 Å². The second-order valence-corrected chi connectivity index (χ2v) is 5.30. The van der Waals surface area contributed by atoms with Gasteiger partial charge in [0.1, 0.15) is 5.82 Å². The van der Waals surface area contributed by atoms with Crippen LogP contribution < -0.4 is 0 Å². The maximum absolute atomic E-state index is 12.8. The highest BCUT2D eigenvalue weighted by Crippen LogP contribution is 2.17. The van der Waals surface area contributed by atoms with E-state index in [1.807, 2.05) is 13.8 Å². The first kappa shape index (κ1) is 14.5. The molecule has 1 aliphatic heterocycles. The molecule has 0 fully saturated rings. The number of nitrogens with zero attached hydrogens (tertiary/aromatic N) is 2. The fourth-order valence-corrected chi connectivity index (χ4v) is 1.98. The molecule has 1 atom stereocenters. The summed E-state index contributed by atoms with van der Waals surface area (Å²) in [6.45, 7) is 3.90. The maximum Gasteiger partial charge on any atom is 0.266 e. The first-order valence-electron chi connectivity index (χ1n) is 6.70. The molecule has 0 spiro atoms. The van der Waals surface area contributed by atoms with E-state index in [0.717, 1.165) is 11.3 Å². The van der Waals surface area contributed by atoms with Crippen LogP contribution in [0.25, 0.3) is 0 Å². The Morgan fingerprint density at radius 2 is 2.10 bits per heavy atom. The van der Waals surface area contributed by atoms with E-state index in [9.17, 15) is 9.18 Å². The van der Waals surface area contributed by atoms with Gasteiger partial charge in [-0.05, 0) is 31.5 Å². The number of benzene rings is 1. The van der Waals surface area contributed by atoms with Gasteiger partial charge in [0.15, 0.2) is 0 Å². The molecule has 0 saturated heterocycles. The van der Waals surface area contributed by atoms with Gasteiger partial charge in [-0.1, -0.05) is 17.3 Å². The topological polar surface area (TPSA) is 41.9 Å². The van der Waals surface area contributed by atoms with Gasteiger partial charge in [-0.2, -0.15) is 0 Å². The SMILES string of the molecule is CC(C)N(C)C(=O)[C@@H]1CC(Cc2ccc(F)cc2)=NO1. The molecule has 1 heterocycles. The molecule has 0 bridgehead atoms. The highest BCUT2D eigenvalue weighted by atomic mass is 19.1. The van der Waals surface area contributed by atoms with Crippen LogP contribution in [0.4, 0.5) is 4.39 Å². The van der Waals surface area contributed by atoms with Crippen LogP contribution in [-0.2, 0) is 16.1 Å². The Morgan fingerprint density at radius 3 is 2.70 bits per heavy atom. The zero-order chi connectivity index (χ0) is 14.7. The second kappa shape index (κ2) is 6.03. The minimum atomic E-state index is -0.530. The minimum absolute atomic E-state index is 0.0575. The standard InChI is InChI=1S/C15H19FN2O2/c1-10(2)18(3)15(19)14-9-13(17-20-14)8-11-4-6-12(16)7-5-11/h4-7,10,14H,8-9H2,1-3H3/t14-/m0/s1. The molecule has 2 rings (SSSR count). The summed E-state index contributed by atoms with van der Waals surface area (Å²) in [4.78, 5) is 19.0. The number of oxime groups is 1. The summed E-state index contributed by atoms with van der Waals surface area (Å²) in [5, 5.41) is 3.97. The zero-order valence-electron chi connectivity index (χ0n) is 12.0. The number of hydrogen-bond donors (Lipinski definition) is 0. The molecule has 20 heavy (non-hydrogen) atoms. The molecular weight excluding hydrogens is 259 g/mol. The van der Waals surface area contributed by atoms with Gasteiger partial charge in [-0.15, -0.1) is 0 Å². The molecule has 1 aromatic rings. The van der Waals surface area contributed by atoms with Crippen molar-refractivity contribution >= 4 is 11.6 Å². The summed E-state index contributed by atoms with van der Waals surface area (Å²) < 4.78 is 12.8. The summed E-state index contributed by atoms with van der Waals surface area (Å²) >= 11 is 0. The van der Waals surface area contributed by atoms with Gasteiger partial charge in [0, 0.05) is 25.9 Å². The van der Waals surface area contributed by atoms with E-state index in [1.165, 1.54) is 12.1 Å². The van der Waals surface area contributed by atoms with E-state index < -0.39 is 6.10 Å². The summed E-state index contributed by atoms with van der Waals surface area (Å²) in [6, 6.07) is 6.40. The molecule has 0 aromatic heterocycles. The smallest absolute Gasteiger partial charge is 0.266 e. The maximum atomic E-state index is 12.8. The number of rotatable bonds is 4. The van der Waals surface area contributed by atoms with Gasteiger partial charge in [-0.3, -0.25) is 4.79 Å². The number of halogens is 1. The lowest BCUT2D eigenvalue weighted by Gasteiger charge is -2.23. The molecule has 0 saturated carbocycles.